The standard InChI is InChI=1S/C25H26N2O3/c1-17-21(20-6-3-4-7-22(20)26-17)16-24(28)27-15-5-8-23(27)19-12-9-18(10-13-19)11-14-25(29)30-2/h3-4,6-7,9-14,23,26H,5,8,15-16H2,1-2H3/t23-/m0/s1. The third-order valence-electron chi connectivity index (χ3n) is 5.86. The summed E-state index contributed by atoms with van der Waals surface area (Å²) < 4.78 is 4.62. The van der Waals surface area contributed by atoms with E-state index in [0.717, 1.165) is 52.7 Å². The summed E-state index contributed by atoms with van der Waals surface area (Å²) in [6, 6.07) is 16.3. The summed E-state index contributed by atoms with van der Waals surface area (Å²) in [6.45, 7) is 2.82. The fraction of sp³-hybridized carbons (Fsp3) is 0.280. The van der Waals surface area contributed by atoms with Gasteiger partial charge in [-0.25, -0.2) is 4.79 Å². The summed E-state index contributed by atoms with van der Waals surface area (Å²) >= 11 is 0. The third-order valence-corrected chi connectivity index (χ3v) is 5.86. The van der Waals surface area contributed by atoms with Crippen LogP contribution in [0.5, 0.6) is 0 Å². The molecule has 5 heteroatoms. The van der Waals surface area contributed by atoms with Crippen molar-refractivity contribution in [3.8, 4) is 0 Å². The molecule has 1 aromatic heterocycles. The lowest BCUT2D eigenvalue weighted by molar-refractivity contribution is -0.134. The monoisotopic (exact) mass is 402 g/mol. The van der Waals surface area contributed by atoms with Crippen molar-refractivity contribution in [3.05, 3.63) is 77.0 Å². The van der Waals surface area contributed by atoms with E-state index < -0.39 is 0 Å². The van der Waals surface area contributed by atoms with E-state index in [1.807, 2.05) is 54.3 Å². The van der Waals surface area contributed by atoms with Crippen molar-refractivity contribution in [2.75, 3.05) is 13.7 Å². The number of rotatable bonds is 5. The number of likely N-dealkylation sites (tertiary alicyclic amines) is 1. The average molecular weight is 402 g/mol. The fourth-order valence-corrected chi connectivity index (χ4v) is 4.29. The van der Waals surface area contributed by atoms with Crippen LogP contribution in [0.1, 0.15) is 41.3 Å². The van der Waals surface area contributed by atoms with E-state index in [9.17, 15) is 9.59 Å². The Morgan fingerprint density at radius 1 is 1.17 bits per heavy atom. The minimum absolute atomic E-state index is 0.0987. The smallest absolute Gasteiger partial charge is 0.330 e. The van der Waals surface area contributed by atoms with E-state index in [2.05, 4.69) is 15.8 Å². The Hall–Kier alpha value is -3.34. The SMILES string of the molecule is COC(=O)C=Cc1ccc([C@@H]2CCCN2C(=O)Cc2c(C)[nH]c3ccccc23)cc1. The van der Waals surface area contributed by atoms with Gasteiger partial charge in [0, 0.05) is 29.2 Å². The highest BCUT2D eigenvalue weighted by Crippen LogP contribution is 2.33. The number of H-pyrrole nitrogens is 1. The number of amides is 1. The van der Waals surface area contributed by atoms with Crippen molar-refractivity contribution in [1.82, 2.24) is 9.88 Å². The van der Waals surface area contributed by atoms with E-state index in [1.54, 1.807) is 6.08 Å². The molecule has 3 aromatic rings. The molecule has 1 saturated heterocycles. The molecule has 0 radical (unpaired) electrons. The highest BCUT2D eigenvalue weighted by molar-refractivity contribution is 5.90. The predicted molar refractivity (Wildman–Crippen MR) is 118 cm³/mol. The van der Waals surface area contributed by atoms with Crippen LogP contribution < -0.4 is 0 Å². The molecule has 1 N–H and O–H groups in total. The molecule has 1 aliphatic heterocycles. The number of ether oxygens (including phenoxy) is 1. The number of methoxy groups -OCH3 is 1. The van der Waals surface area contributed by atoms with Gasteiger partial charge in [0.2, 0.25) is 5.91 Å². The largest absolute Gasteiger partial charge is 0.466 e. The first-order valence-corrected chi connectivity index (χ1v) is 10.3. The van der Waals surface area contributed by atoms with Gasteiger partial charge in [-0.2, -0.15) is 0 Å². The molecule has 4 rings (SSSR count). The molecule has 0 aliphatic carbocycles. The first-order chi connectivity index (χ1) is 14.6. The van der Waals surface area contributed by atoms with Gasteiger partial charge in [0.15, 0.2) is 0 Å². The van der Waals surface area contributed by atoms with Crippen LogP contribution in [0.25, 0.3) is 17.0 Å². The molecule has 0 bridgehead atoms. The highest BCUT2D eigenvalue weighted by Gasteiger charge is 2.30. The zero-order chi connectivity index (χ0) is 21.1. The fourth-order valence-electron chi connectivity index (χ4n) is 4.29. The number of aromatic amines is 1. The molecule has 2 heterocycles. The Kier molecular flexibility index (Phi) is 5.70. The van der Waals surface area contributed by atoms with Gasteiger partial charge in [-0.3, -0.25) is 4.79 Å². The maximum atomic E-state index is 13.2. The molecule has 0 saturated carbocycles. The zero-order valence-corrected chi connectivity index (χ0v) is 17.4. The molecule has 1 amide bonds. The molecule has 1 aliphatic rings. The number of nitrogens with zero attached hydrogens (tertiary/aromatic N) is 1. The molecule has 1 atom stereocenters. The van der Waals surface area contributed by atoms with Crippen molar-refractivity contribution in [1.29, 1.82) is 0 Å². The normalized spacial score (nSPS) is 16.5. The topological polar surface area (TPSA) is 62.4 Å². The van der Waals surface area contributed by atoms with Crippen molar-refractivity contribution in [3.63, 3.8) is 0 Å². The number of nitrogens with one attached hydrogen (secondary N) is 1. The molecule has 5 nitrogen and oxygen atoms in total. The summed E-state index contributed by atoms with van der Waals surface area (Å²) in [6.07, 6.45) is 5.52. The van der Waals surface area contributed by atoms with Crippen molar-refractivity contribution >= 4 is 28.9 Å². The van der Waals surface area contributed by atoms with Crippen LogP contribution in [0.15, 0.2) is 54.6 Å². The first-order valence-electron chi connectivity index (χ1n) is 10.3. The van der Waals surface area contributed by atoms with Crippen molar-refractivity contribution in [2.45, 2.75) is 32.2 Å². The minimum atomic E-state index is -0.376. The highest BCUT2D eigenvalue weighted by atomic mass is 16.5. The number of carbonyl (C=O) groups excluding carboxylic acids is 2. The zero-order valence-electron chi connectivity index (χ0n) is 17.4. The minimum Gasteiger partial charge on any atom is -0.466 e. The Morgan fingerprint density at radius 3 is 2.70 bits per heavy atom. The van der Waals surface area contributed by atoms with Gasteiger partial charge in [-0.15, -0.1) is 0 Å². The number of esters is 1. The van der Waals surface area contributed by atoms with Gasteiger partial charge in [0.05, 0.1) is 19.6 Å². The van der Waals surface area contributed by atoms with Crippen LogP contribution in [0.4, 0.5) is 0 Å². The Morgan fingerprint density at radius 2 is 1.93 bits per heavy atom. The van der Waals surface area contributed by atoms with Gasteiger partial charge >= 0.3 is 5.97 Å². The second-order valence-corrected chi connectivity index (χ2v) is 7.72. The van der Waals surface area contributed by atoms with Crippen LogP contribution in [0.3, 0.4) is 0 Å². The second kappa shape index (κ2) is 8.57. The summed E-state index contributed by atoms with van der Waals surface area (Å²) in [5, 5.41) is 1.13. The van der Waals surface area contributed by atoms with E-state index >= 15 is 0 Å². The number of hydrogen-bond donors (Lipinski definition) is 1. The maximum absolute atomic E-state index is 13.2. The molecule has 0 unspecified atom stereocenters. The lowest BCUT2D eigenvalue weighted by Crippen LogP contribution is -2.32. The van der Waals surface area contributed by atoms with Crippen LogP contribution >= 0.6 is 0 Å². The van der Waals surface area contributed by atoms with E-state index in [-0.39, 0.29) is 17.9 Å². The molecular formula is C25H26N2O3. The Balaban J connectivity index is 1.50. The molecule has 1 fully saturated rings. The number of carbonyl (C=O) groups is 2. The van der Waals surface area contributed by atoms with Gasteiger partial charge in [-0.1, -0.05) is 42.5 Å². The summed E-state index contributed by atoms with van der Waals surface area (Å²) in [4.78, 5) is 29.9. The van der Waals surface area contributed by atoms with Gasteiger partial charge in [-0.05, 0) is 48.6 Å². The van der Waals surface area contributed by atoms with E-state index in [0.29, 0.717) is 6.42 Å². The number of para-hydroxylation sites is 1. The molecule has 2 aromatic carbocycles. The number of fused-ring (bicyclic) bond motifs is 1. The second-order valence-electron chi connectivity index (χ2n) is 7.72. The summed E-state index contributed by atoms with van der Waals surface area (Å²) in [5.41, 5.74) is 5.28. The third kappa shape index (κ3) is 4.01. The molecular weight excluding hydrogens is 376 g/mol. The molecule has 0 spiro atoms. The van der Waals surface area contributed by atoms with Gasteiger partial charge < -0.3 is 14.6 Å². The average Bonchev–Trinajstić information content (AvgIpc) is 3.37. The van der Waals surface area contributed by atoms with Crippen LogP contribution in [0.2, 0.25) is 0 Å². The van der Waals surface area contributed by atoms with Crippen LogP contribution in [-0.4, -0.2) is 35.4 Å². The van der Waals surface area contributed by atoms with E-state index in [1.165, 1.54) is 13.2 Å². The summed E-state index contributed by atoms with van der Waals surface area (Å²) in [7, 11) is 1.36. The number of aryl methyl sites for hydroxylation is 1. The molecule has 30 heavy (non-hydrogen) atoms. The van der Waals surface area contributed by atoms with Crippen LogP contribution in [-0.2, 0) is 20.7 Å². The maximum Gasteiger partial charge on any atom is 0.330 e. The quantitative estimate of drug-likeness (QED) is 0.502. The van der Waals surface area contributed by atoms with E-state index in [4.69, 9.17) is 0 Å². The number of hydrogen-bond acceptors (Lipinski definition) is 3. The number of aromatic nitrogens is 1. The van der Waals surface area contributed by atoms with Crippen molar-refractivity contribution < 1.29 is 14.3 Å². The van der Waals surface area contributed by atoms with Crippen molar-refractivity contribution in [2.24, 2.45) is 0 Å². The number of benzene rings is 2. The van der Waals surface area contributed by atoms with Gasteiger partial charge in [0.25, 0.3) is 0 Å². The van der Waals surface area contributed by atoms with Gasteiger partial charge in [0.1, 0.15) is 0 Å². The Labute approximate surface area is 176 Å². The van der Waals surface area contributed by atoms with Crippen LogP contribution in [0, 0.1) is 6.92 Å². The predicted octanol–water partition coefficient (Wildman–Crippen LogP) is 4.57. The first kappa shape index (κ1) is 20.0. The lowest BCUT2D eigenvalue weighted by atomic mass is 10.0. The molecule has 154 valence electrons. The Bertz CT molecular complexity index is 1100. The summed E-state index contributed by atoms with van der Waals surface area (Å²) in [5.74, 6) is -0.209. The lowest BCUT2D eigenvalue weighted by Gasteiger charge is -2.25.